The zero-order chi connectivity index (χ0) is 15.9. The van der Waals surface area contributed by atoms with Crippen LogP contribution in [0.4, 0.5) is 0 Å². The molecule has 2 aromatic rings. The molecular weight excluding hydrogens is 308 g/mol. The van der Waals surface area contributed by atoms with E-state index in [9.17, 15) is 4.79 Å². The summed E-state index contributed by atoms with van der Waals surface area (Å²) in [6.07, 6.45) is 2.60. The molecular formula is C19H17ClN2O. The predicted octanol–water partition coefficient (Wildman–Crippen LogP) is 4.85. The van der Waals surface area contributed by atoms with Crippen molar-refractivity contribution in [1.29, 1.82) is 0 Å². The maximum Gasteiger partial charge on any atom is 0.193 e. The fourth-order valence-corrected chi connectivity index (χ4v) is 4.06. The summed E-state index contributed by atoms with van der Waals surface area (Å²) in [5, 5.41) is 9.45. The van der Waals surface area contributed by atoms with Gasteiger partial charge in [-0.25, -0.2) is 0 Å². The molecule has 116 valence electrons. The van der Waals surface area contributed by atoms with Crippen LogP contribution in [0.1, 0.15) is 40.2 Å². The van der Waals surface area contributed by atoms with E-state index < -0.39 is 5.54 Å². The van der Waals surface area contributed by atoms with Gasteiger partial charge in [-0.3, -0.25) is 4.79 Å². The summed E-state index contributed by atoms with van der Waals surface area (Å²) in [4.78, 5) is 13.3. The summed E-state index contributed by atoms with van der Waals surface area (Å²) in [6, 6.07) is 15.6. The molecule has 2 aromatic carbocycles. The molecule has 1 aliphatic heterocycles. The van der Waals surface area contributed by atoms with Crippen molar-refractivity contribution in [2.75, 3.05) is 6.54 Å². The Bertz CT molecular complexity index is 801. The summed E-state index contributed by atoms with van der Waals surface area (Å²) in [5.74, 6) is 0.0803. The third-order valence-electron chi connectivity index (χ3n) is 5.00. The van der Waals surface area contributed by atoms with Crippen molar-refractivity contribution in [1.82, 2.24) is 0 Å². The number of carbonyl (C=O) groups excluding carboxylic acids is 1. The van der Waals surface area contributed by atoms with Crippen LogP contribution in [0.25, 0.3) is 0 Å². The van der Waals surface area contributed by atoms with Crippen molar-refractivity contribution in [3.63, 3.8) is 0 Å². The molecule has 4 heteroatoms. The molecule has 1 heterocycles. The van der Waals surface area contributed by atoms with Crippen molar-refractivity contribution in [3.8, 4) is 0 Å². The molecule has 4 rings (SSSR count). The van der Waals surface area contributed by atoms with E-state index in [2.05, 4.69) is 10.2 Å². The molecule has 0 N–H and O–H groups in total. The molecule has 0 aromatic heterocycles. The van der Waals surface area contributed by atoms with Crippen molar-refractivity contribution in [2.45, 2.75) is 30.7 Å². The first kappa shape index (κ1) is 14.6. The molecule has 0 amide bonds. The number of hydrogen-bond donors (Lipinski definition) is 0. The van der Waals surface area contributed by atoms with E-state index in [0.717, 1.165) is 36.0 Å². The highest BCUT2D eigenvalue weighted by Crippen LogP contribution is 2.45. The topological polar surface area (TPSA) is 41.8 Å². The van der Waals surface area contributed by atoms with Crippen molar-refractivity contribution >= 4 is 17.4 Å². The quantitative estimate of drug-likeness (QED) is 0.739. The van der Waals surface area contributed by atoms with E-state index >= 15 is 0 Å². The minimum atomic E-state index is -0.767. The highest BCUT2D eigenvalue weighted by atomic mass is 35.5. The second-order valence-corrected chi connectivity index (χ2v) is 6.73. The number of rotatable bonds is 1. The average Bonchev–Trinajstić information content (AvgIpc) is 2.93. The summed E-state index contributed by atoms with van der Waals surface area (Å²) < 4.78 is 0. The molecule has 0 saturated heterocycles. The number of azo groups is 1. The minimum Gasteiger partial charge on any atom is -0.291 e. The van der Waals surface area contributed by atoms with Gasteiger partial charge in [0.15, 0.2) is 11.3 Å². The molecule has 23 heavy (non-hydrogen) atoms. The first-order chi connectivity index (χ1) is 11.2. The van der Waals surface area contributed by atoms with Gasteiger partial charge in [0.05, 0.1) is 6.54 Å². The van der Waals surface area contributed by atoms with Gasteiger partial charge in [-0.2, -0.15) is 10.2 Å². The lowest BCUT2D eigenvalue weighted by molar-refractivity contribution is 0.0870. The Morgan fingerprint density at radius 2 is 2.00 bits per heavy atom. The van der Waals surface area contributed by atoms with E-state index in [1.807, 2.05) is 48.5 Å². The Morgan fingerprint density at radius 3 is 2.87 bits per heavy atom. The summed E-state index contributed by atoms with van der Waals surface area (Å²) in [5.41, 5.74) is 2.21. The third-order valence-corrected chi connectivity index (χ3v) is 5.24. The number of hydrogen-bond acceptors (Lipinski definition) is 3. The Labute approximate surface area is 140 Å². The molecule has 0 radical (unpaired) electrons. The van der Waals surface area contributed by atoms with Crippen LogP contribution in [-0.2, 0) is 6.42 Å². The molecule has 1 spiro atoms. The van der Waals surface area contributed by atoms with Crippen LogP contribution in [-0.4, -0.2) is 17.9 Å². The molecule has 0 bridgehead atoms. The standard InChI is InChI=1S/C19H17ClN2O/c20-15-8-3-6-14(11-15)17-12-21-22-19(17)10-4-7-13-5-1-2-9-16(13)18(19)23/h1-3,5-6,8-9,11,17H,4,7,10,12H2. The second kappa shape index (κ2) is 5.57. The Morgan fingerprint density at radius 1 is 1.13 bits per heavy atom. The van der Waals surface area contributed by atoms with Gasteiger partial charge in [0, 0.05) is 16.5 Å². The van der Waals surface area contributed by atoms with Crippen LogP contribution in [0.2, 0.25) is 5.02 Å². The number of fused-ring (bicyclic) bond motifs is 1. The lowest BCUT2D eigenvalue weighted by Crippen LogP contribution is -2.40. The first-order valence-electron chi connectivity index (χ1n) is 7.97. The Kier molecular flexibility index (Phi) is 3.53. The number of Topliss-reactive ketones (excluding diaryl/α,β-unsaturated/α-hetero) is 1. The zero-order valence-corrected chi connectivity index (χ0v) is 13.5. The number of aryl methyl sites for hydroxylation is 1. The SMILES string of the molecule is O=C1c2ccccc2CCCC12N=NCC2c1cccc(Cl)c1. The first-order valence-corrected chi connectivity index (χ1v) is 8.35. The van der Waals surface area contributed by atoms with E-state index in [1.165, 1.54) is 0 Å². The highest BCUT2D eigenvalue weighted by molar-refractivity contribution is 6.30. The van der Waals surface area contributed by atoms with Crippen LogP contribution in [0.3, 0.4) is 0 Å². The summed E-state index contributed by atoms with van der Waals surface area (Å²) in [7, 11) is 0. The van der Waals surface area contributed by atoms with Crippen LogP contribution in [0.15, 0.2) is 58.8 Å². The molecule has 1 aliphatic carbocycles. The van der Waals surface area contributed by atoms with Gasteiger partial charge in [0.2, 0.25) is 0 Å². The van der Waals surface area contributed by atoms with Gasteiger partial charge in [-0.05, 0) is 42.5 Å². The van der Waals surface area contributed by atoms with Crippen molar-refractivity contribution < 1.29 is 4.79 Å². The summed E-state index contributed by atoms with van der Waals surface area (Å²) >= 11 is 6.15. The number of ketones is 1. The Hall–Kier alpha value is -2.00. The van der Waals surface area contributed by atoms with Gasteiger partial charge >= 0.3 is 0 Å². The van der Waals surface area contributed by atoms with E-state index in [1.54, 1.807) is 0 Å². The smallest absolute Gasteiger partial charge is 0.193 e. The largest absolute Gasteiger partial charge is 0.291 e. The Balaban J connectivity index is 1.82. The second-order valence-electron chi connectivity index (χ2n) is 6.30. The molecule has 2 atom stereocenters. The van der Waals surface area contributed by atoms with Crippen molar-refractivity contribution in [3.05, 3.63) is 70.2 Å². The van der Waals surface area contributed by atoms with Crippen LogP contribution >= 0.6 is 11.6 Å². The lowest BCUT2D eigenvalue weighted by Gasteiger charge is -2.29. The van der Waals surface area contributed by atoms with Crippen LogP contribution in [0, 0.1) is 0 Å². The lowest BCUT2D eigenvalue weighted by atomic mass is 9.74. The fourth-order valence-electron chi connectivity index (χ4n) is 3.86. The van der Waals surface area contributed by atoms with Gasteiger partial charge in [0.1, 0.15) is 0 Å². The average molecular weight is 325 g/mol. The molecule has 2 unspecified atom stereocenters. The van der Waals surface area contributed by atoms with Crippen molar-refractivity contribution in [2.24, 2.45) is 10.2 Å². The maximum absolute atomic E-state index is 13.3. The van der Waals surface area contributed by atoms with Gasteiger partial charge in [-0.15, -0.1) is 0 Å². The van der Waals surface area contributed by atoms with E-state index in [-0.39, 0.29) is 11.7 Å². The van der Waals surface area contributed by atoms with Gasteiger partial charge in [0.25, 0.3) is 0 Å². The number of halogens is 1. The number of nitrogens with zero attached hydrogens (tertiary/aromatic N) is 2. The zero-order valence-electron chi connectivity index (χ0n) is 12.7. The summed E-state index contributed by atoms with van der Waals surface area (Å²) in [6.45, 7) is 0.550. The maximum atomic E-state index is 13.3. The molecule has 2 aliphatic rings. The normalized spacial score (nSPS) is 26.3. The molecule has 0 saturated carbocycles. The van der Waals surface area contributed by atoms with E-state index in [0.29, 0.717) is 11.6 Å². The molecule has 0 fully saturated rings. The number of carbonyl (C=O) groups is 1. The third kappa shape index (κ3) is 2.31. The van der Waals surface area contributed by atoms with Crippen LogP contribution in [0.5, 0.6) is 0 Å². The monoisotopic (exact) mass is 324 g/mol. The fraction of sp³-hybridized carbons (Fsp3) is 0.316. The van der Waals surface area contributed by atoms with Crippen LogP contribution < -0.4 is 0 Å². The van der Waals surface area contributed by atoms with Gasteiger partial charge < -0.3 is 0 Å². The van der Waals surface area contributed by atoms with Gasteiger partial charge in [-0.1, -0.05) is 48.0 Å². The molecule has 3 nitrogen and oxygen atoms in total. The highest BCUT2D eigenvalue weighted by Gasteiger charge is 2.50. The predicted molar refractivity (Wildman–Crippen MR) is 90.4 cm³/mol. The van der Waals surface area contributed by atoms with E-state index in [4.69, 9.17) is 11.6 Å². The number of benzene rings is 2. The minimum absolute atomic E-state index is 0.0279.